The number of rotatable bonds is 2. The fraction of sp³-hybridized carbons (Fsp3) is 0.174. The van der Waals surface area contributed by atoms with Gasteiger partial charge in [0.25, 0.3) is 10.0 Å². The van der Waals surface area contributed by atoms with Crippen molar-refractivity contribution in [2.24, 2.45) is 0 Å². The van der Waals surface area contributed by atoms with Gasteiger partial charge < -0.3 is 0 Å². The van der Waals surface area contributed by atoms with Crippen LogP contribution < -0.4 is 5.32 Å². The van der Waals surface area contributed by atoms with Gasteiger partial charge in [0.2, 0.25) is 0 Å². The van der Waals surface area contributed by atoms with Gasteiger partial charge in [-0.15, -0.1) is 0 Å². The molecule has 4 aromatic rings. The number of halogens is 1. The van der Waals surface area contributed by atoms with Gasteiger partial charge in [0, 0.05) is 22.7 Å². The number of nitrogens with one attached hydrogen (secondary N) is 1. The van der Waals surface area contributed by atoms with Gasteiger partial charge in [-0.3, -0.25) is 5.32 Å². The first-order valence-electron chi connectivity index (χ1n) is 9.70. The smallest absolute Gasteiger partial charge is 0.268 e. The van der Waals surface area contributed by atoms with Gasteiger partial charge in [-0.1, -0.05) is 48.0 Å². The van der Waals surface area contributed by atoms with E-state index in [2.05, 4.69) is 17.2 Å². The topological polar surface area (TPSA) is 64.0 Å². The van der Waals surface area contributed by atoms with Gasteiger partial charge in [0.15, 0.2) is 0 Å². The first-order valence-corrected chi connectivity index (χ1v) is 11.5. The van der Waals surface area contributed by atoms with E-state index in [0.29, 0.717) is 10.7 Å². The molecule has 0 spiro atoms. The lowest BCUT2D eigenvalue weighted by atomic mass is 9.77. The highest BCUT2D eigenvalue weighted by Gasteiger charge is 2.61. The highest BCUT2D eigenvalue weighted by Crippen LogP contribution is 2.60. The van der Waals surface area contributed by atoms with Gasteiger partial charge >= 0.3 is 0 Å². The number of aromatic nitrogens is 2. The minimum atomic E-state index is -3.82. The van der Waals surface area contributed by atoms with Crippen molar-refractivity contribution in [1.29, 1.82) is 0 Å². The first kappa shape index (κ1) is 18.1. The van der Waals surface area contributed by atoms with Crippen molar-refractivity contribution in [3.8, 4) is 0 Å². The van der Waals surface area contributed by atoms with E-state index < -0.39 is 21.1 Å². The monoisotopic (exact) mass is 435 g/mol. The number of nitrogens with zero attached hydrogens (tertiary/aromatic N) is 2. The molecule has 0 amide bonds. The molecule has 0 unspecified atom stereocenters. The van der Waals surface area contributed by atoms with E-state index in [1.54, 1.807) is 30.5 Å². The van der Waals surface area contributed by atoms with Gasteiger partial charge in [0.1, 0.15) is 5.15 Å². The molecule has 2 bridgehead atoms. The minimum absolute atomic E-state index is 0.262. The first-order chi connectivity index (χ1) is 14.3. The lowest BCUT2D eigenvalue weighted by Gasteiger charge is -2.27. The molecule has 0 saturated carbocycles. The van der Waals surface area contributed by atoms with Crippen LogP contribution in [0.5, 0.6) is 0 Å². The zero-order valence-corrected chi connectivity index (χ0v) is 17.9. The van der Waals surface area contributed by atoms with E-state index in [0.717, 1.165) is 27.8 Å². The van der Waals surface area contributed by atoms with E-state index in [1.807, 2.05) is 43.3 Å². The predicted octanol–water partition coefficient (Wildman–Crippen LogP) is 4.37. The van der Waals surface area contributed by atoms with E-state index in [9.17, 15) is 8.42 Å². The van der Waals surface area contributed by atoms with E-state index in [-0.39, 0.29) is 4.90 Å². The molecule has 4 heterocycles. The summed E-state index contributed by atoms with van der Waals surface area (Å²) in [5, 5.41) is 5.02. The fourth-order valence-electron chi connectivity index (χ4n) is 5.45. The number of hydrogen-bond donors (Lipinski definition) is 1. The van der Waals surface area contributed by atoms with Gasteiger partial charge in [-0.05, 0) is 43.7 Å². The van der Waals surface area contributed by atoms with Crippen LogP contribution in [-0.2, 0) is 21.1 Å². The Morgan fingerprint density at radius 3 is 2.40 bits per heavy atom. The second-order valence-corrected chi connectivity index (χ2v) is 10.4. The molecule has 30 heavy (non-hydrogen) atoms. The van der Waals surface area contributed by atoms with Gasteiger partial charge in [-0.25, -0.2) is 17.4 Å². The highest BCUT2D eigenvalue weighted by atomic mass is 35.5. The zero-order valence-electron chi connectivity index (χ0n) is 16.3. The van der Waals surface area contributed by atoms with Crippen molar-refractivity contribution < 1.29 is 8.42 Å². The summed E-state index contributed by atoms with van der Waals surface area (Å²) >= 11 is 6.55. The third-order valence-corrected chi connectivity index (χ3v) is 8.54. The fourth-order valence-corrected chi connectivity index (χ4v) is 7.44. The maximum Gasteiger partial charge on any atom is 0.268 e. The maximum absolute atomic E-state index is 13.9. The molecule has 2 aliphatic heterocycles. The maximum atomic E-state index is 13.9. The average molecular weight is 436 g/mol. The number of hydrogen-bond acceptors (Lipinski definition) is 4. The van der Waals surface area contributed by atoms with Crippen LogP contribution in [0.15, 0.2) is 71.8 Å². The molecule has 0 saturated heterocycles. The zero-order chi connectivity index (χ0) is 20.9. The van der Waals surface area contributed by atoms with Crippen molar-refractivity contribution in [1.82, 2.24) is 14.3 Å². The Morgan fingerprint density at radius 1 is 0.933 bits per heavy atom. The van der Waals surface area contributed by atoms with Crippen molar-refractivity contribution in [3.63, 3.8) is 0 Å². The Kier molecular flexibility index (Phi) is 3.33. The van der Waals surface area contributed by atoms with E-state index in [4.69, 9.17) is 11.6 Å². The molecule has 7 heteroatoms. The Morgan fingerprint density at radius 2 is 1.63 bits per heavy atom. The SMILES string of the molecule is C[C@]12N[C@](C)(c3ccnc(Cl)c31)c1c2c2ccccc2n1S(=O)(=O)c1ccccc1. The predicted molar refractivity (Wildman–Crippen MR) is 116 cm³/mol. The Balaban J connectivity index is 1.80. The summed E-state index contributed by atoms with van der Waals surface area (Å²) in [5.41, 5.74) is 2.88. The van der Waals surface area contributed by atoms with Crippen LogP contribution in [-0.4, -0.2) is 17.4 Å². The lowest BCUT2D eigenvalue weighted by molar-refractivity contribution is 0.410. The molecule has 6 rings (SSSR count). The van der Waals surface area contributed by atoms with Gasteiger partial charge in [0.05, 0.1) is 27.2 Å². The minimum Gasteiger partial charge on any atom is -0.289 e. The van der Waals surface area contributed by atoms with Crippen LogP contribution >= 0.6 is 11.6 Å². The van der Waals surface area contributed by atoms with Crippen molar-refractivity contribution in [2.75, 3.05) is 0 Å². The molecule has 2 aromatic heterocycles. The van der Waals surface area contributed by atoms with Crippen molar-refractivity contribution >= 4 is 32.5 Å². The summed E-state index contributed by atoms with van der Waals surface area (Å²) in [7, 11) is -3.82. The molecular formula is C23H18ClN3O2S. The Labute approximate surface area is 179 Å². The molecule has 0 radical (unpaired) electrons. The van der Waals surface area contributed by atoms with E-state index >= 15 is 0 Å². The number of pyridine rings is 1. The summed E-state index contributed by atoms with van der Waals surface area (Å²) in [5.74, 6) is 0. The van der Waals surface area contributed by atoms with E-state index in [1.165, 1.54) is 3.97 Å². The third kappa shape index (κ3) is 1.92. The van der Waals surface area contributed by atoms with Crippen LogP contribution in [0.1, 0.15) is 36.2 Å². The third-order valence-electron chi connectivity index (χ3n) is 6.53. The lowest BCUT2D eigenvalue weighted by Crippen LogP contribution is -2.38. The van der Waals surface area contributed by atoms with Crippen molar-refractivity contribution in [2.45, 2.75) is 29.8 Å². The normalized spacial score (nSPS) is 24.2. The Hall–Kier alpha value is -2.67. The standard InChI is InChI=1S/C23H18ClN3O2S/c1-22-16-12-13-25-21(24)19(16)23(2,26-22)18-15-10-6-7-11-17(15)27(20(18)22)30(28,29)14-8-4-3-5-9-14/h3-13,26H,1-2H3/t22-,23-/m1/s1. The molecule has 1 N–H and O–H groups in total. The molecule has 0 aliphatic carbocycles. The summed E-state index contributed by atoms with van der Waals surface area (Å²) in [4.78, 5) is 4.56. The molecule has 2 aromatic carbocycles. The Bertz CT molecular complexity index is 1480. The van der Waals surface area contributed by atoms with Crippen LogP contribution in [0.2, 0.25) is 5.15 Å². The van der Waals surface area contributed by atoms with Crippen molar-refractivity contribution in [3.05, 3.63) is 94.4 Å². The van der Waals surface area contributed by atoms with Crippen LogP contribution in [0, 0.1) is 0 Å². The average Bonchev–Trinajstić information content (AvgIpc) is 3.30. The largest absolute Gasteiger partial charge is 0.289 e. The molecule has 5 nitrogen and oxygen atoms in total. The number of para-hydroxylation sites is 1. The number of fused-ring (bicyclic) bond motifs is 10. The summed E-state index contributed by atoms with van der Waals surface area (Å²) < 4.78 is 29.3. The van der Waals surface area contributed by atoms with Crippen LogP contribution in [0.3, 0.4) is 0 Å². The quantitative estimate of drug-likeness (QED) is 0.475. The number of benzene rings is 2. The van der Waals surface area contributed by atoms with Crippen LogP contribution in [0.25, 0.3) is 10.9 Å². The molecule has 2 aliphatic rings. The summed E-state index contributed by atoms with van der Waals surface area (Å²) in [6.07, 6.45) is 1.68. The summed E-state index contributed by atoms with van der Waals surface area (Å²) in [6, 6.07) is 18.2. The van der Waals surface area contributed by atoms with Gasteiger partial charge in [-0.2, -0.15) is 0 Å². The second-order valence-electron chi connectivity index (χ2n) is 8.22. The molecule has 150 valence electrons. The highest BCUT2D eigenvalue weighted by molar-refractivity contribution is 7.90. The molecular weight excluding hydrogens is 418 g/mol. The summed E-state index contributed by atoms with van der Waals surface area (Å²) in [6.45, 7) is 4.08. The molecule has 0 fully saturated rings. The van der Waals surface area contributed by atoms with Crippen LogP contribution in [0.4, 0.5) is 0 Å². The second kappa shape index (κ2) is 5.52. The molecule has 2 atom stereocenters.